The lowest BCUT2D eigenvalue weighted by Gasteiger charge is -2.34. The summed E-state index contributed by atoms with van der Waals surface area (Å²) in [6, 6.07) is 15.8. The van der Waals surface area contributed by atoms with E-state index in [0.29, 0.717) is 37.9 Å². The summed E-state index contributed by atoms with van der Waals surface area (Å²) in [4.78, 5) is 29.2. The summed E-state index contributed by atoms with van der Waals surface area (Å²) < 4.78 is 1.64. The molecule has 4 rings (SSSR count). The fourth-order valence-electron chi connectivity index (χ4n) is 3.83. The zero-order chi connectivity index (χ0) is 23.9. The van der Waals surface area contributed by atoms with Crippen LogP contribution in [0.15, 0.2) is 53.7 Å². The van der Waals surface area contributed by atoms with E-state index in [1.165, 1.54) is 11.8 Å². The summed E-state index contributed by atoms with van der Waals surface area (Å²) in [5, 5.41) is 15.5. The quantitative estimate of drug-likeness (QED) is 0.496. The Bertz CT molecular complexity index is 1120. The number of thioether (sulfide) groups is 1. The molecule has 0 unspecified atom stereocenters. The van der Waals surface area contributed by atoms with Gasteiger partial charge >= 0.3 is 0 Å². The van der Waals surface area contributed by atoms with E-state index in [1.54, 1.807) is 4.68 Å². The fourth-order valence-corrected chi connectivity index (χ4v) is 4.63. The van der Waals surface area contributed by atoms with Crippen LogP contribution in [0.1, 0.15) is 18.1 Å². The molecule has 2 heterocycles. The lowest BCUT2D eigenvalue weighted by atomic mass is 10.1. The number of nitrogens with zero attached hydrogens (tertiary/aromatic N) is 6. The molecule has 0 saturated carbocycles. The summed E-state index contributed by atoms with van der Waals surface area (Å²) in [6.07, 6.45) is 0.868. The van der Waals surface area contributed by atoms with Crippen molar-refractivity contribution in [2.45, 2.75) is 25.4 Å². The highest BCUT2D eigenvalue weighted by Gasteiger charge is 2.23. The number of para-hydroxylation sites is 1. The predicted octanol–water partition coefficient (Wildman–Crippen LogP) is 2.41. The van der Waals surface area contributed by atoms with Crippen LogP contribution in [0.2, 0.25) is 0 Å². The van der Waals surface area contributed by atoms with Gasteiger partial charge in [-0.05, 0) is 47.5 Å². The van der Waals surface area contributed by atoms with Gasteiger partial charge in [0.15, 0.2) is 0 Å². The maximum absolute atomic E-state index is 12.8. The number of piperazine rings is 1. The van der Waals surface area contributed by atoms with E-state index < -0.39 is 0 Å². The van der Waals surface area contributed by atoms with Crippen LogP contribution in [0.5, 0.6) is 0 Å². The number of aryl methyl sites for hydroxylation is 2. The second-order valence-corrected chi connectivity index (χ2v) is 9.16. The first-order valence-electron chi connectivity index (χ1n) is 11.4. The van der Waals surface area contributed by atoms with Gasteiger partial charge in [-0.1, -0.05) is 54.6 Å². The average molecular weight is 480 g/mol. The third-order valence-electron chi connectivity index (χ3n) is 5.81. The summed E-state index contributed by atoms with van der Waals surface area (Å²) in [5.41, 5.74) is 4.01. The molecule has 1 N–H and O–H groups in total. The van der Waals surface area contributed by atoms with Crippen molar-refractivity contribution >= 4 is 29.3 Å². The van der Waals surface area contributed by atoms with Crippen molar-refractivity contribution in [2.75, 3.05) is 43.8 Å². The molecule has 3 aromatic rings. The summed E-state index contributed by atoms with van der Waals surface area (Å²) in [6.45, 7) is 6.95. The number of anilines is 1. The molecule has 0 bridgehead atoms. The van der Waals surface area contributed by atoms with Crippen molar-refractivity contribution in [2.24, 2.45) is 0 Å². The van der Waals surface area contributed by atoms with E-state index >= 15 is 0 Å². The van der Waals surface area contributed by atoms with E-state index in [2.05, 4.69) is 32.7 Å². The summed E-state index contributed by atoms with van der Waals surface area (Å²) in [5.74, 6) is 0.282. The second-order valence-electron chi connectivity index (χ2n) is 8.21. The molecule has 2 amide bonds. The smallest absolute Gasteiger partial charge is 0.238 e. The number of aromatic nitrogens is 4. The Morgan fingerprint density at radius 3 is 2.50 bits per heavy atom. The number of carbonyl (C=O) groups is 2. The molecule has 1 aliphatic rings. The fraction of sp³-hybridized carbons (Fsp3) is 0.375. The van der Waals surface area contributed by atoms with Gasteiger partial charge in [0.1, 0.15) is 0 Å². The van der Waals surface area contributed by atoms with Crippen molar-refractivity contribution in [3.05, 3.63) is 59.7 Å². The molecule has 2 aromatic carbocycles. The molecule has 1 aliphatic heterocycles. The van der Waals surface area contributed by atoms with Crippen molar-refractivity contribution in [3.63, 3.8) is 0 Å². The van der Waals surface area contributed by atoms with Gasteiger partial charge in [-0.3, -0.25) is 14.5 Å². The minimum Gasteiger partial charge on any atom is -0.339 e. The first-order valence-corrected chi connectivity index (χ1v) is 12.4. The highest BCUT2D eigenvalue weighted by Crippen LogP contribution is 2.19. The number of rotatable bonds is 8. The number of hydrogen-bond donors (Lipinski definition) is 1. The SMILES string of the molecule is CCc1ccccc1NC(=O)CN1CCN(C(=O)CSc2nnnn2-c2ccc(C)cc2)CC1. The third-order valence-corrected chi connectivity index (χ3v) is 6.71. The average Bonchev–Trinajstić information content (AvgIpc) is 3.32. The standard InChI is InChI=1S/C24H29N7O2S/c1-3-19-6-4-5-7-21(19)25-22(32)16-29-12-14-30(15-13-29)23(33)17-34-24-26-27-28-31(24)20-10-8-18(2)9-11-20/h4-11H,3,12-17H2,1-2H3,(H,25,32). The lowest BCUT2D eigenvalue weighted by molar-refractivity contribution is -0.130. The Labute approximate surface area is 203 Å². The van der Waals surface area contributed by atoms with Crippen LogP contribution in [-0.2, 0) is 16.0 Å². The van der Waals surface area contributed by atoms with Gasteiger partial charge in [0.2, 0.25) is 17.0 Å². The maximum atomic E-state index is 12.8. The molecule has 1 aromatic heterocycles. The van der Waals surface area contributed by atoms with Crippen LogP contribution in [0.4, 0.5) is 5.69 Å². The molecular weight excluding hydrogens is 450 g/mol. The molecule has 178 valence electrons. The van der Waals surface area contributed by atoms with E-state index in [0.717, 1.165) is 28.9 Å². The van der Waals surface area contributed by atoms with Gasteiger partial charge in [0.25, 0.3) is 0 Å². The largest absolute Gasteiger partial charge is 0.339 e. The van der Waals surface area contributed by atoms with Gasteiger partial charge in [-0.15, -0.1) is 5.10 Å². The van der Waals surface area contributed by atoms with Crippen LogP contribution < -0.4 is 5.32 Å². The minimum atomic E-state index is -0.0285. The van der Waals surface area contributed by atoms with Crippen LogP contribution >= 0.6 is 11.8 Å². The molecule has 0 radical (unpaired) electrons. The normalized spacial score (nSPS) is 14.2. The number of hydrogen-bond acceptors (Lipinski definition) is 7. The Morgan fingerprint density at radius 2 is 1.76 bits per heavy atom. The van der Waals surface area contributed by atoms with Crippen LogP contribution in [0, 0.1) is 6.92 Å². The van der Waals surface area contributed by atoms with Gasteiger partial charge < -0.3 is 10.2 Å². The van der Waals surface area contributed by atoms with E-state index in [9.17, 15) is 9.59 Å². The molecular formula is C24H29N7O2S. The monoisotopic (exact) mass is 479 g/mol. The van der Waals surface area contributed by atoms with Crippen molar-refractivity contribution in [1.29, 1.82) is 0 Å². The Hall–Kier alpha value is -3.24. The first-order chi connectivity index (χ1) is 16.5. The van der Waals surface area contributed by atoms with Crippen molar-refractivity contribution in [1.82, 2.24) is 30.0 Å². The molecule has 9 nitrogen and oxygen atoms in total. The van der Waals surface area contributed by atoms with Gasteiger partial charge in [0, 0.05) is 31.9 Å². The van der Waals surface area contributed by atoms with Gasteiger partial charge in [-0.25, -0.2) is 0 Å². The van der Waals surface area contributed by atoms with E-state index in [1.807, 2.05) is 60.4 Å². The predicted molar refractivity (Wildman–Crippen MR) is 132 cm³/mol. The first kappa shape index (κ1) is 23.9. The molecule has 10 heteroatoms. The Kier molecular flexibility index (Phi) is 7.91. The van der Waals surface area contributed by atoms with Crippen LogP contribution in [0.3, 0.4) is 0 Å². The number of amides is 2. The minimum absolute atomic E-state index is 0.0285. The zero-order valence-electron chi connectivity index (χ0n) is 19.5. The van der Waals surface area contributed by atoms with Crippen LogP contribution in [0.25, 0.3) is 5.69 Å². The molecule has 0 atom stereocenters. The van der Waals surface area contributed by atoms with Crippen LogP contribution in [-0.4, -0.2) is 80.3 Å². The molecule has 1 saturated heterocycles. The van der Waals surface area contributed by atoms with Crippen molar-refractivity contribution < 1.29 is 9.59 Å². The highest BCUT2D eigenvalue weighted by molar-refractivity contribution is 7.99. The van der Waals surface area contributed by atoms with Crippen molar-refractivity contribution in [3.8, 4) is 5.69 Å². The lowest BCUT2D eigenvalue weighted by Crippen LogP contribution is -2.50. The molecule has 34 heavy (non-hydrogen) atoms. The number of benzene rings is 2. The number of carbonyl (C=O) groups excluding carboxylic acids is 2. The van der Waals surface area contributed by atoms with Gasteiger partial charge in [-0.2, -0.15) is 4.68 Å². The van der Waals surface area contributed by atoms with E-state index in [4.69, 9.17) is 0 Å². The number of tetrazole rings is 1. The second kappa shape index (κ2) is 11.3. The molecule has 1 fully saturated rings. The Morgan fingerprint density at radius 1 is 1.03 bits per heavy atom. The highest BCUT2D eigenvalue weighted by atomic mass is 32.2. The molecule has 0 spiro atoms. The summed E-state index contributed by atoms with van der Waals surface area (Å²) >= 11 is 1.33. The van der Waals surface area contributed by atoms with E-state index in [-0.39, 0.29) is 17.6 Å². The topological polar surface area (TPSA) is 96.2 Å². The number of nitrogens with one attached hydrogen (secondary N) is 1. The zero-order valence-corrected chi connectivity index (χ0v) is 20.3. The summed E-state index contributed by atoms with van der Waals surface area (Å²) in [7, 11) is 0. The maximum Gasteiger partial charge on any atom is 0.238 e. The Balaban J connectivity index is 1.23. The molecule has 0 aliphatic carbocycles. The third kappa shape index (κ3) is 6.00. The van der Waals surface area contributed by atoms with Gasteiger partial charge in [0.05, 0.1) is 18.0 Å².